The molecule has 6 rings (SSSR count). The first-order valence-corrected chi connectivity index (χ1v) is 15.6. The summed E-state index contributed by atoms with van der Waals surface area (Å²) in [5, 5.41) is 17.9. The number of urea groups is 1. The Hall–Kier alpha value is -4.03. The molecule has 3 amide bonds. The van der Waals surface area contributed by atoms with Gasteiger partial charge in [0.2, 0.25) is 0 Å². The van der Waals surface area contributed by atoms with Crippen molar-refractivity contribution in [1.82, 2.24) is 15.2 Å². The second-order valence-corrected chi connectivity index (χ2v) is 13.0. The van der Waals surface area contributed by atoms with Gasteiger partial charge in [-0.2, -0.15) is 0 Å². The molecule has 0 saturated carbocycles. The van der Waals surface area contributed by atoms with Crippen LogP contribution in [0.2, 0.25) is 0 Å². The van der Waals surface area contributed by atoms with E-state index in [9.17, 15) is 14.7 Å². The Morgan fingerprint density at radius 3 is 2.73 bits per heavy atom. The molecule has 1 fully saturated rings. The molecular formula is C33H37N5O5S. The fourth-order valence-corrected chi connectivity index (χ4v) is 7.11. The van der Waals surface area contributed by atoms with Crippen molar-refractivity contribution in [2.75, 3.05) is 37.0 Å². The number of piperidine rings is 1. The number of methoxy groups -OCH3 is 1. The van der Waals surface area contributed by atoms with Crippen LogP contribution in [0.25, 0.3) is 10.2 Å². The Balaban J connectivity index is 1.24. The number of thiophene rings is 1. The highest BCUT2D eigenvalue weighted by Crippen LogP contribution is 2.46. The number of amides is 3. The molecule has 2 aromatic carbocycles. The number of hydrogen-bond acceptors (Lipinski definition) is 8. The number of para-hydroxylation sites is 1. The zero-order valence-corrected chi connectivity index (χ0v) is 26.1. The maximum atomic E-state index is 13.7. The lowest BCUT2D eigenvalue weighted by atomic mass is 9.90. The van der Waals surface area contributed by atoms with Gasteiger partial charge in [-0.3, -0.25) is 14.6 Å². The van der Waals surface area contributed by atoms with Crippen LogP contribution in [0.5, 0.6) is 11.5 Å². The van der Waals surface area contributed by atoms with E-state index >= 15 is 0 Å². The van der Waals surface area contributed by atoms with Gasteiger partial charge in [0, 0.05) is 37.9 Å². The molecule has 10 nitrogen and oxygen atoms in total. The lowest BCUT2D eigenvalue weighted by Gasteiger charge is -2.42. The zero-order chi connectivity index (χ0) is 31.0. The summed E-state index contributed by atoms with van der Waals surface area (Å²) < 4.78 is 11.3. The van der Waals surface area contributed by atoms with Crippen molar-refractivity contribution in [2.24, 2.45) is 5.41 Å². The van der Waals surface area contributed by atoms with Crippen LogP contribution in [0, 0.1) is 12.3 Å². The van der Waals surface area contributed by atoms with Gasteiger partial charge in [0.1, 0.15) is 27.4 Å². The highest BCUT2D eigenvalue weighted by molar-refractivity contribution is 7.21. The summed E-state index contributed by atoms with van der Waals surface area (Å²) in [6.45, 7) is 7.55. The molecule has 11 heteroatoms. The van der Waals surface area contributed by atoms with E-state index in [1.54, 1.807) is 24.3 Å². The Labute approximate surface area is 260 Å². The summed E-state index contributed by atoms with van der Waals surface area (Å²) in [7, 11) is 1.63. The van der Waals surface area contributed by atoms with E-state index in [4.69, 9.17) is 9.47 Å². The number of aromatic nitrogens is 1. The molecule has 0 spiro atoms. The third-order valence-corrected chi connectivity index (χ3v) is 9.29. The van der Waals surface area contributed by atoms with E-state index in [1.165, 1.54) is 11.3 Å². The van der Waals surface area contributed by atoms with Crippen LogP contribution in [0.1, 0.15) is 41.9 Å². The smallest absolute Gasteiger partial charge is 0.331 e. The van der Waals surface area contributed by atoms with Crippen molar-refractivity contribution in [2.45, 2.75) is 45.9 Å². The number of carbonyl (C=O) groups excluding carboxylic acids is 2. The summed E-state index contributed by atoms with van der Waals surface area (Å²) in [5.41, 5.74) is 2.24. The van der Waals surface area contributed by atoms with Crippen LogP contribution in [0.4, 0.5) is 21.9 Å². The van der Waals surface area contributed by atoms with Crippen LogP contribution in [0.3, 0.4) is 0 Å². The second-order valence-electron chi connectivity index (χ2n) is 12.0. The molecule has 2 aliphatic rings. The molecule has 2 atom stereocenters. The number of hydrogen-bond donors (Lipinski definition) is 3. The van der Waals surface area contributed by atoms with Gasteiger partial charge in [-0.15, -0.1) is 11.3 Å². The van der Waals surface area contributed by atoms with Gasteiger partial charge in [0.25, 0.3) is 5.91 Å². The quantitative estimate of drug-likeness (QED) is 0.203. The Bertz CT molecular complexity index is 1690. The predicted molar refractivity (Wildman–Crippen MR) is 172 cm³/mol. The number of likely N-dealkylation sites (tertiary alicyclic amines) is 1. The van der Waals surface area contributed by atoms with Gasteiger partial charge >= 0.3 is 6.03 Å². The van der Waals surface area contributed by atoms with Crippen molar-refractivity contribution >= 4 is 50.6 Å². The minimum Gasteiger partial charge on any atom is -0.457 e. The van der Waals surface area contributed by atoms with Crippen LogP contribution in [-0.2, 0) is 4.74 Å². The van der Waals surface area contributed by atoms with E-state index < -0.39 is 11.6 Å². The lowest BCUT2D eigenvalue weighted by Crippen LogP contribution is -2.55. The van der Waals surface area contributed by atoms with E-state index in [-0.39, 0.29) is 18.0 Å². The maximum Gasteiger partial charge on any atom is 0.331 e. The molecule has 230 valence electrons. The van der Waals surface area contributed by atoms with Gasteiger partial charge in [-0.05, 0) is 61.7 Å². The van der Waals surface area contributed by atoms with E-state index in [1.807, 2.05) is 74.2 Å². The molecule has 0 aliphatic carbocycles. The fourth-order valence-electron chi connectivity index (χ4n) is 6.09. The zero-order valence-electron chi connectivity index (χ0n) is 25.3. The summed E-state index contributed by atoms with van der Waals surface area (Å²) >= 11 is 1.26. The molecular weight excluding hydrogens is 578 g/mol. The van der Waals surface area contributed by atoms with Gasteiger partial charge in [0.15, 0.2) is 0 Å². The largest absolute Gasteiger partial charge is 0.457 e. The highest BCUT2D eigenvalue weighted by Gasteiger charge is 2.37. The van der Waals surface area contributed by atoms with Crippen molar-refractivity contribution in [1.29, 1.82) is 0 Å². The number of carbonyl (C=O) groups is 2. The number of ether oxygens (including phenoxy) is 2. The van der Waals surface area contributed by atoms with E-state index in [0.29, 0.717) is 45.7 Å². The van der Waals surface area contributed by atoms with Gasteiger partial charge in [0.05, 0.1) is 29.1 Å². The minimum atomic E-state index is -0.702. The van der Waals surface area contributed by atoms with Crippen LogP contribution >= 0.6 is 11.3 Å². The van der Waals surface area contributed by atoms with Crippen molar-refractivity contribution in [3.8, 4) is 11.5 Å². The Morgan fingerprint density at radius 2 is 1.98 bits per heavy atom. The van der Waals surface area contributed by atoms with Crippen LogP contribution in [-0.4, -0.2) is 66.0 Å². The number of rotatable bonds is 9. The normalized spacial score (nSPS) is 17.8. The topological polar surface area (TPSA) is 116 Å². The standard InChI is InChI=1S/C33H37N5O5S/c1-20-17-23(43-22-10-6-5-7-11-22)12-13-24(20)38-25-14-15-34-30-26(25)27(36-32(38)41)28(44-30)29(39)35-21-9-8-16-37(18-21)31(40)33(2,3)19-42-4/h5-7,10-15,17,21,31,40H,8-9,16,18-19H2,1-4H3,(H,35,39)(H,36,41)/t21-,31-/m1/s1. The highest BCUT2D eigenvalue weighted by atomic mass is 32.1. The van der Waals surface area contributed by atoms with Gasteiger partial charge < -0.3 is 25.2 Å². The number of nitrogens with one attached hydrogen (secondary N) is 2. The second kappa shape index (κ2) is 12.2. The number of aryl methyl sites for hydroxylation is 1. The fraction of sp³-hybridized carbons (Fsp3) is 0.364. The SMILES string of the molecule is COCC(C)(C)[C@@H](O)N1CCC[C@@H](NC(=O)c2sc3nccc4c3c2NC(=O)N4c2ccc(Oc3ccccc3)cc2C)C1. The summed E-state index contributed by atoms with van der Waals surface area (Å²) in [6, 6.07) is 16.4. The lowest BCUT2D eigenvalue weighted by molar-refractivity contribution is -0.111. The Kier molecular flexibility index (Phi) is 8.30. The first-order valence-electron chi connectivity index (χ1n) is 14.7. The number of aliphatic hydroxyl groups excluding tert-OH is 1. The maximum absolute atomic E-state index is 13.7. The van der Waals surface area contributed by atoms with Crippen molar-refractivity contribution in [3.05, 3.63) is 71.2 Å². The number of nitrogens with zero attached hydrogens (tertiary/aromatic N) is 3. The predicted octanol–water partition coefficient (Wildman–Crippen LogP) is 6.27. The average molecular weight is 616 g/mol. The summed E-state index contributed by atoms with van der Waals surface area (Å²) in [5.74, 6) is 1.13. The first kappa shape index (κ1) is 30.0. The number of pyridine rings is 1. The van der Waals surface area contributed by atoms with Crippen LogP contribution in [0.15, 0.2) is 60.8 Å². The summed E-state index contributed by atoms with van der Waals surface area (Å²) in [4.78, 5) is 36.5. The third-order valence-electron chi connectivity index (χ3n) is 8.19. The molecule has 2 aromatic heterocycles. The molecule has 0 unspecified atom stereocenters. The minimum absolute atomic E-state index is 0.149. The van der Waals surface area contributed by atoms with Crippen molar-refractivity contribution < 1.29 is 24.2 Å². The van der Waals surface area contributed by atoms with Crippen molar-refractivity contribution in [3.63, 3.8) is 0 Å². The monoisotopic (exact) mass is 615 g/mol. The number of benzene rings is 2. The first-order chi connectivity index (χ1) is 21.2. The third kappa shape index (κ3) is 5.75. The molecule has 44 heavy (non-hydrogen) atoms. The molecule has 2 aliphatic heterocycles. The van der Waals surface area contributed by atoms with E-state index in [0.717, 1.165) is 36.1 Å². The molecule has 1 saturated heterocycles. The number of aliphatic hydroxyl groups is 1. The average Bonchev–Trinajstić information content (AvgIpc) is 3.38. The Morgan fingerprint density at radius 1 is 1.18 bits per heavy atom. The van der Waals surface area contributed by atoms with Crippen LogP contribution < -0.4 is 20.3 Å². The molecule has 4 heterocycles. The number of anilines is 3. The van der Waals surface area contributed by atoms with E-state index in [2.05, 4.69) is 15.6 Å². The van der Waals surface area contributed by atoms with Gasteiger partial charge in [-0.1, -0.05) is 32.0 Å². The molecule has 0 radical (unpaired) electrons. The molecule has 4 aromatic rings. The summed E-state index contributed by atoms with van der Waals surface area (Å²) in [6.07, 6.45) is 2.60. The molecule has 0 bridgehead atoms. The van der Waals surface area contributed by atoms with Gasteiger partial charge in [-0.25, -0.2) is 9.78 Å². The molecule has 3 N–H and O–H groups in total.